The highest BCUT2D eigenvalue weighted by Gasteiger charge is 2.31. The summed E-state index contributed by atoms with van der Waals surface area (Å²) >= 11 is 0. The highest BCUT2D eigenvalue weighted by atomic mass is 19.1. The van der Waals surface area contributed by atoms with Crippen molar-refractivity contribution in [2.45, 2.75) is 18.8 Å². The third-order valence-corrected chi connectivity index (χ3v) is 5.98. The van der Waals surface area contributed by atoms with Crippen LogP contribution >= 0.6 is 0 Å². The summed E-state index contributed by atoms with van der Waals surface area (Å²) in [5.74, 6) is 1.57. The number of amides is 1. The number of hydrogen-bond donors (Lipinski definition) is 0. The van der Waals surface area contributed by atoms with Crippen LogP contribution in [0.15, 0.2) is 57.6 Å². The monoisotopic (exact) mass is 478 g/mol. The van der Waals surface area contributed by atoms with Gasteiger partial charge in [-0.15, -0.1) is 0 Å². The van der Waals surface area contributed by atoms with Crippen LogP contribution in [0.3, 0.4) is 0 Å². The predicted molar refractivity (Wildman–Crippen MR) is 123 cm³/mol. The smallest absolute Gasteiger partial charge is 0.276 e. The first-order valence-electron chi connectivity index (χ1n) is 11.1. The van der Waals surface area contributed by atoms with Crippen molar-refractivity contribution >= 4 is 5.91 Å². The highest BCUT2D eigenvalue weighted by molar-refractivity contribution is 5.93. The second-order valence-electron chi connectivity index (χ2n) is 8.20. The molecular formula is C25H23FN4O5. The molecule has 1 fully saturated rings. The van der Waals surface area contributed by atoms with E-state index in [1.54, 1.807) is 55.5 Å². The Morgan fingerprint density at radius 3 is 2.77 bits per heavy atom. The van der Waals surface area contributed by atoms with Gasteiger partial charge in [-0.2, -0.15) is 4.98 Å². The number of aromatic nitrogens is 3. The Bertz CT molecular complexity index is 1350. The number of nitrogens with zero attached hydrogens (tertiary/aromatic N) is 4. The molecule has 0 saturated carbocycles. The Hall–Kier alpha value is -4.21. The van der Waals surface area contributed by atoms with Gasteiger partial charge in [-0.05, 0) is 43.2 Å². The van der Waals surface area contributed by atoms with Crippen molar-refractivity contribution in [1.82, 2.24) is 20.2 Å². The molecule has 3 heterocycles. The van der Waals surface area contributed by atoms with Crippen LogP contribution in [0.1, 0.15) is 35.1 Å². The van der Waals surface area contributed by atoms with Gasteiger partial charge in [0.15, 0.2) is 11.5 Å². The summed E-state index contributed by atoms with van der Waals surface area (Å²) in [5, 5.41) is 7.99. The van der Waals surface area contributed by atoms with E-state index in [1.165, 1.54) is 12.1 Å². The van der Waals surface area contributed by atoms with Gasteiger partial charge in [0.2, 0.25) is 11.7 Å². The summed E-state index contributed by atoms with van der Waals surface area (Å²) in [6.07, 6.45) is 1.56. The van der Waals surface area contributed by atoms with E-state index >= 15 is 0 Å². The maximum atomic E-state index is 13.5. The number of ether oxygens (including phenoxy) is 2. The van der Waals surface area contributed by atoms with Gasteiger partial charge in [-0.25, -0.2) is 4.39 Å². The first-order chi connectivity index (χ1) is 17.1. The summed E-state index contributed by atoms with van der Waals surface area (Å²) in [7, 11) is 3.12. The largest absolute Gasteiger partial charge is 0.497 e. The van der Waals surface area contributed by atoms with Gasteiger partial charge in [0, 0.05) is 24.7 Å². The molecule has 1 aliphatic heterocycles. The van der Waals surface area contributed by atoms with E-state index in [9.17, 15) is 9.18 Å². The number of benzene rings is 2. The molecule has 1 aliphatic rings. The number of halogens is 1. The standard InChI is InChI=1S/C25H23FN4O5/c1-32-18-8-9-21(33-2)19(12-18)22-13-20(28-34-22)25(31)30-10-4-6-16(14-30)24-27-23(29-35-24)15-5-3-7-17(26)11-15/h3,5,7-9,11-13,16H,4,6,10,14H2,1-2H3. The molecule has 1 atom stereocenters. The van der Waals surface area contributed by atoms with Gasteiger partial charge < -0.3 is 23.4 Å². The number of hydrogen-bond acceptors (Lipinski definition) is 8. The van der Waals surface area contributed by atoms with Crippen molar-refractivity contribution in [2.24, 2.45) is 0 Å². The third-order valence-electron chi connectivity index (χ3n) is 5.98. The van der Waals surface area contributed by atoms with Crippen LogP contribution in [0, 0.1) is 5.82 Å². The summed E-state index contributed by atoms with van der Waals surface area (Å²) in [4.78, 5) is 19.3. The van der Waals surface area contributed by atoms with Crippen LogP contribution in [0.5, 0.6) is 11.5 Å². The molecule has 0 spiro atoms. The van der Waals surface area contributed by atoms with E-state index in [0.29, 0.717) is 53.2 Å². The van der Waals surface area contributed by atoms with Crippen molar-refractivity contribution < 1.29 is 27.7 Å². The molecule has 4 aromatic rings. The second kappa shape index (κ2) is 9.57. The van der Waals surface area contributed by atoms with E-state index in [-0.39, 0.29) is 23.3 Å². The summed E-state index contributed by atoms with van der Waals surface area (Å²) in [6, 6.07) is 12.9. The summed E-state index contributed by atoms with van der Waals surface area (Å²) in [6.45, 7) is 0.971. The Morgan fingerprint density at radius 2 is 1.97 bits per heavy atom. The fourth-order valence-corrected chi connectivity index (χ4v) is 4.18. The molecule has 1 unspecified atom stereocenters. The lowest BCUT2D eigenvalue weighted by Gasteiger charge is -2.30. The van der Waals surface area contributed by atoms with E-state index < -0.39 is 0 Å². The molecule has 5 rings (SSSR count). The van der Waals surface area contributed by atoms with Gasteiger partial charge in [-0.3, -0.25) is 4.79 Å². The predicted octanol–water partition coefficient (Wildman–Crippen LogP) is 4.57. The van der Waals surface area contributed by atoms with Crippen LogP contribution in [0.25, 0.3) is 22.7 Å². The fourth-order valence-electron chi connectivity index (χ4n) is 4.18. The van der Waals surface area contributed by atoms with E-state index in [0.717, 1.165) is 12.8 Å². The lowest BCUT2D eigenvalue weighted by atomic mass is 9.97. The fraction of sp³-hybridized carbons (Fsp3) is 0.280. The van der Waals surface area contributed by atoms with Crippen LogP contribution in [-0.4, -0.2) is 53.4 Å². The minimum Gasteiger partial charge on any atom is -0.497 e. The Kier molecular flexibility index (Phi) is 6.17. The Morgan fingerprint density at radius 1 is 1.09 bits per heavy atom. The average molecular weight is 478 g/mol. The van der Waals surface area contributed by atoms with Gasteiger partial charge in [0.1, 0.15) is 17.3 Å². The molecule has 2 aromatic heterocycles. The van der Waals surface area contributed by atoms with Crippen molar-refractivity contribution in [3.63, 3.8) is 0 Å². The Balaban J connectivity index is 1.32. The zero-order valence-corrected chi connectivity index (χ0v) is 19.2. The number of carbonyl (C=O) groups excluding carboxylic acids is 1. The second-order valence-corrected chi connectivity index (χ2v) is 8.20. The normalized spacial score (nSPS) is 15.7. The molecule has 1 saturated heterocycles. The lowest BCUT2D eigenvalue weighted by molar-refractivity contribution is 0.0685. The molecule has 1 amide bonds. The van der Waals surface area contributed by atoms with E-state index in [4.69, 9.17) is 18.5 Å². The minimum atomic E-state index is -0.373. The maximum absolute atomic E-state index is 13.5. The zero-order valence-electron chi connectivity index (χ0n) is 19.2. The molecule has 35 heavy (non-hydrogen) atoms. The number of methoxy groups -OCH3 is 2. The molecule has 180 valence electrons. The number of rotatable bonds is 6. The SMILES string of the molecule is COc1ccc(OC)c(-c2cc(C(=O)N3CCCC(c4nc(-c5cccc(F)c5)no4)C3)no2)c1. The van der Waals surface area contributed by atoms with Gasteiger partial charge in [0.05, 0.1) is 25.7 Å². The molecule has 0 aliphatic carbocycles. The van der Waals surface area contributed by atoms with Crippen LogP contribution in [0.4, 0.5) is 4.39 Å². The molecule has 0 radical (unpaired) electrons. The first-order valence-corrected chi connectivity index (χ1v) is 11.1. The van der Waals surface area contributed by atoms with Gasteiger partial charge in [-0.1, -0.05) is 22.4 Å². The summed E-state index contributed by atoms with van der Waals surface area (Å²) in [5.41, 5.74) is 1.36. The molecule has 2 aromatic carbocycles. The number of piperidine rings is 1. The molecule has 0 N–H and O–H groups in total. The highest BCUT2D eigenvalue weighted by Crippen LogP contribution is 2.34. The maximum Gasteiger partial charge on any atom is 0.276 e. The van der Waals surface area contributed by atoms with Gasteiger partial charge >= 0.3 is 0 Å². The lowest BCUT2D eigenvalue weighted by Crippen LogP contribution is -2.39. The number of carbonyl (C=O) groups is 1. The summed E-state index contributed by atoms with van der Waals surface area (Å²) < 4.78 is 35.2. The van der Waals surface area contributed by atoms with Crippen LogP contribution in [-0.2, 0) is 0 Å². The van der Waals surface area contributed by atoms with Crippen molar-refractivity contribution in [3.05, 3.63) is 65.9 Å². The zero-order chi connectivity index (χ0) is 24.4. The van der Waals surface area contributed by atoms with E-state index in [1.807, 2.05) is 0 Å². The Labute approximate surface area is 200 Å². The number of likely N-dealkylation sites (tertiary alicyclic amines) is 1. The van der Waals surface area contributed by atoms with Crippen LogP contribution < -0.4 is 9.47 Å². The topological polar surface area (TPSA) is 104 Å². The average Bonchev–Trinajstić information content (AvgIpc) is 3.59. The minimum absolute atomic E-state index is 0.132. The van der Waals surface area contributed by atoms with Gasteiger partial charge in [0.25, 0.3) is 5.91 Å². The van der Waals surface area contributed by atoms with Crippen molar-refractivity contribution in [2.75, 3.05) is 27.3 Å². The third kappa shape index (κ3) is 4.59. The molecular weight excluding hydrogens is 455 g/mol. The van der Waals surface area contributed by atoms with Crippen LogP contribution in [0.2, 0.25) is 0 Å². The molecule has 0 bridgehead atoms. The quantitative estimate of drug-likeness (QED) is 0.397. The van der Waals surface area contributed by atoms with Crippen molar-refractivity contribution in [1.29, 1.82) is 0 Å². The molecule has 10 heteroatoms. The molecule has 9 nitrogen and oxygen atoms in total. The van der Waals surface area contributed by atoms with E-state index in [2.05, 4.69) is 15.3 Å². The first kappa shape index (κ1) is 22.6. The van der Waals surface area contributed by atoms with Crippen molar-refractivity contribution in [3.8, 4) is 34.2 Å².